The van der Waals surface area contributed by atoms with Crippen LogP contribution in [-0.4, -0.2) is 36.2 Å². The molecule has 4 rings (SSSR count). The smallest absolute Gasteiger partial charge is 0.290 e. The maximum Gasteiger partial charge on any atom is 0.290 e. The Morgan fingerprint density at radius 1 is 1.17 bits per heavy atom. The summed E-state index contributed by atoms with van der Waals surface area (Å²) in [4.78, 5) is 28.3. The van der Waals surface area contributed by atoms with Crippen LogP contribution in [0, 0.1) is 13.8 Å². The average Bonchev–Trinajstić information content (AvgIpc) is 2.99. The Morgan fingerprint density at radius 3 is 2.69 bits per heavy atom. The number of aliphatic hydroxyl groups is 1. The highest BCUT2D eigenvalue weighted by Crippen LogP contribution is 2.39. The van der Waals surface area contributed by atoms with E-state index in [1.54, 1.807) is 18.1 Å². The van der Waals surface area contributed by atoms with Crippen LogP contribution in [0.1, 0.15) is 45.3 Å². The van der Waals surface area contributed by atoms with Crippen LogP contribution < -0.4 is 10.2 Å². The molecule has 1 aromatic heterocycles. The first-order valence-electron chi connectivity index (χ1n) is 9.60. The first kappa shape index (κ1) is 19.2. The molecule has 150 valence electrons. The molecule has 6 nitrogen and oxygen atoms in total. The fourth-order valence-electron chi connectivity index (χ4n) is 4.10. The minimum absolute atomic E-state index is 0.0490. The van der Waals surface area contributed by atoms with Gasteiger partial charge in [0.25, 0.3) is 5.91 Å². The van der Waals surface area contributed by atoms with E-state index in [0.717, 1.165) is 16.7 Å². The minimum Gasteiger partial charge on any atom is -0.497 e. The van der Waals surface area contributed by atoms with E-state index < -0.39 is 6.04 Å². The summed E-state index contributed by atoms with van der Waals surface area (Å²) >= 11 is 0. The molecule has 1 atom stereocenters. The Bertz CT molecular complexity index is 1160. The van der Waals surface area contributed by atoms with Crippen molar-refractivity contribution in [2.45, 2.75) is 26.3 Å². The lowest BCUT2D eigenvalue weighted by molar-refractivity contribution is 0.0716. The number of benzene rings is 2. The van der Waals surface area contributed by atoms with Crippen molar-refractivity contribution in [2.24, 2.45) is 0 Å². The second-order valence-corrected chi connectivity index (χ2v) is 7.39. The molecular weight excluding hydrogens is 370 g/mol. The molecule has 2 heterocycles. The predicted octanol–water partition coefficient (Wildman–Crippen LogP) is 3.35. The quantitative estimate of drug-likeness (QED) is 0.719. The lowest BCUT2D eigenvalue weighted by atomic mass is 9.97. The number of fused-ring (bicyclic) bond motifs is 2. The van der Waals surface area contributed by atoms with Crippen LogP contribution >= 0.6 is 0 Å². The standard InChI is InChI=1S/C23H23NO5/c1-13-10-14(2)21-17(11-13)20(26)18-19(15-6-4-7-16(12-15)28-3)24(8-5-9-25)23(27)22(18)29-21/h4,6-7,10-12,19,25H,5,8-9H2,1-3H3. The summed E-state index contributed by atoms with van der Waals surface area (Å²) < 4.78 is 11.3. The number of amides is 1. The highest BCUT2D eigenvalue weighted by atomic mass is 16.5. The van der Waals surface area contributed by atoms with Crippen molar-refractivity contribution < 1.29 is 19.1 Å². The van der Waals surface area contributed by atoms with Gasteiger partial charge in [0.1, 0.15) is 11.3 Å². The first-order valence-corrected chi connectivity index (χ1v) is 9.60. The van der Waals surface area contributed by atoms with Crippen LogP contribution in [0.15, 0.2) is 45.6 Å². The maximum absolute atomic E-state index is 13.5. The lowest BCUT2D eigenvalue weighted by Gasteiger charge is -2.25. The Labute approximate surface area is 168 Å². The van der Waals surface area contributed by atoms with E-state index in [2.05, 4.69) is 0 Å². The van der Waals surface area contributed by atoms with Gasteiger partial charge in [-0.05, 0) is 55.2 Å². The molecule has 0 radical (unpaired) electrons. The van der Waals surface area contributed by atoms with Crippen molar-refractivity contribution in [3.05, 3.63) is 74.6 Å². The molecule has 1 N–H and O–H groups in total. The van der Waals surface area contributed by atoms with Gasteiger partial charge < -0.3 is 19.2 Å². The number of ether oxygens (including phenoxy) is 1. The second kappa shape index (κ2) is 7.37. The molecule has 3 aromatic rings. The first-order chi connectivity index (χ1) is 14.0. The van der Waals surface area contributed by atoms with Gasteiger partial charge in [-0.3, -0.25) is 9.59 Å². The molecule has 0 bridgehead atoms. The number of hydrogen-bond donors (Lipinski definition) is 1. The van der Waals surface area contributed by atoms with E-state index in [1.165, 1.54) is 0 Å². The van der Waals surface area contributed by atoms with Gasteiger partial charge >= 0.3 is 0 Å². The third-order valence-electron chi connectivity index (χ3n) is 5.36. The number of hydrogen-bond acceptors (Lipinski definition) is 5. The van der Waals surface area contributed by atoms with Gasteiger partial charge in [0.2, 0.25) is 5.76 Å². The number of aliphatic hydroxyl groups excluding tert-OH is 1. The van der Waals surface area contributed by atoms with Gasteiger partial charge in [0, 0.05) is 13.2 Å². The maximum atomic E-state index is 13.5. The SMILES string of the molecule is COc1cccc(C2c3c(oc4c(C)cc(C)cc4c3=O)C(=O)N2CCCO)c1. The van der Waals surface area contributed by atoms with Gasteiger partial charge in [-0.25, -0.2) is 0 Å². The van der Waals surface area contributed by atoms with Gasteiger partial charge in [-0.15, -0.1) is 0 Å². The minimum atomic E-state index is -0.583. The average molecular weight is 393 g/mol. The topological polar surface area (TPSA) is 80.0 Å². The Hall–Kier alpha value is -3.12. The number of rotatable bonds is 5. The van der Waals surface area contributed by atoms with Crippen molar-refractivity contribution in [3.63, 3.8) is 0 Å². The Kier molecular flexibility index (Phi) is 4.88. The van der Waals surface area contributed by atoms with Crippen molar-refractivity contribution >= 4 is 16.9 Å². The third kappa shape index (κ3) is 3.09. The normalized spacial score (nSPS) is 15.8. The molecule has 0 spiro atoms. The van der Waals surface area contributed by atoms with Crippen LogP contribution in [0.25, 0.3) is 11.0 Å². The zero-order valence-corrected chi connectivity index (χ0v) is 16.7. The van der Waals surface area contributed by atoms with Crippen LogP contribution in [0.2, 0.25) is 0 Å². The van der Waals surface area contributed by atoms with E-state index >= 15 is 0 Å². The van der Waals surface area contributed by atoms with E-state index in [9.17, 15) is 14.7 Å². The molecule has 1 amide bonds. The number of aryl methyl sites for hydroxylation is 2. The predicted molar refractivity (Wildman–Crippen MR) is 110 cm³/mol. The summed E-state index contributed by atoms with van der Waals surface area (Å²) in [6.45, 7) is 4.06. The summed E-state index contributed by atoms with van der Waals surface area (Å²) in [7, 11) is 1.57. The van der Waals surface area contributed by atoms with E-state index in [0.29, 0.717) is 35.2 Å². The summed E-state index contributed by atoms with van der Waals surface area (Å²) in [6.07, 6.45) is 0.409. The van der Waals surface area contributed by atoms with Crippen molar-refractivity contribution in [3.8, 4) is 5.75 Å². The lowest BCUT2D eigenvalue weighted by Crippen LogP contribution is -2.31. The molecule has 6 heteroatoms. The van der Waals surface area contributed by atoms with Crippen LogP contribution in [0.4, 0.5) is 0 Å². The van der Waals surface area contributed by atoms with Crippen LogP contribution in [0.5, 0.6) is 5.75 Å². The zero-order valence-electron chi connectivity index (χ0n) is 16.7. The van der Waals surface area contributed by atoms with Crippen LogP contribution in [-0.2, 0) is 0 Å². The molecule has 0 fully saturated rings. The summed E-state index contributed by atoms with van der Waals surface area (Å²) in [5.41, 5.74) is 3.15. The Balaban J connectivity index is 2.00. The molecule has 1 unspecified atom stereocenters. The van der Waals surface area contributed by atoms with Gasteiger partial charge in [0.05, 0.1) is 24.1 Å². The van der Waals surface area contributed by atoms with E-state index in [4.69, 9.17) is 9.15 Å². The summed E-state index contributed by atoms with van der Waals surface area (Å²) in [5.74, 6) is 0.392. The molecule has 1 aliphatic rings. The van der Waals surface area contributed by atoms with E-state index in [1.807, 2.05) is 44.2 Å². The highest BCUT2D eigenvalue weighted by Gasteiger charge is 2.42. The second-order valence-electron chi connectivity index (χ2n) is 7.39. The van der Waals surface area contributed by atoms with Crippen molar-refractivity contribution in [1.82, 2.24) is 4.90 Å². The number of methoxy groups -OCH3 is 1. The molecule has 29 heavy (non-hydrogen) atoms. The Morgan fingerprint density at radius 2 is 1.97 bits per heavy atom. The van der Waals surface area contributed by atoms with Gasteiger partial charge in [0.15, 0.2) is 5.43 Å². The van der Waals surface area contributed by atoms with Gasteiger partial charge in [-0.1, -0.05) is 18.2 Å². The molecule has 2 aromatic carbocycles. The number of carbonyl (C=O) groups excluding carboxylic acids is 1. The van der Waals surface area contributed by atoms with Gasteiger partial charge in [-0.2, -0.15) is 0 Å². The molecule has 0 aliphatic carbocycles. The van der Waals surface area contributed by atoms with Crippen molar-refractivity contribution in [1.29, 1.82) is 0 Å². The zero-order chi connectivity index (χ0) is 20.7. The molecule has 1 aliphatic heterocycles. The summed E-state index contributed by atoms with van der Waals surface area (Å²) in [5, 5.41) is 9.78. The highest BCUT2D eigenvalue weighted by molar-refractivity contribution is 5.99. The number of nitrogens with zero attached hydrogens (tertiary/aromatic N) is 1. The molecule has 0 saturated carbocycles. The fourth-order valence-corrected chi connectivity index (χ4v) is 4.10. The van der Waals surface area contributed by atoms with Crippen LogP contribution in [0.3, 0.4) is 0 Å². The van der Waals surface area contributed by atoms with E-state index in [-0.39, 0.29) is 23.7 Å². The fraction of sp³-hybridized carbons (Fsp3) is 0.304. The molecule has 0 saturated heterocycles. The van der Waals surface area contributed by atoms with Crippen molar-refractivity contribution in [2.75, 3.05) is 20.3 Å². The largest absolute Gasteiger partial charge is 0.497 e. The summed E-state index contributed by atoms with van der Waals surface area (Å²) in [6, 6.07) is 10.5. The third-order valence-corrected chi connectivity index (χ3v) is 5.36. The number of carbonyl (C=O) groups is 1. The monoisotopic (exact) mass is 393 g/mol. The molecular formula is C23H23NO5.